The molecule has 0 saturated heterocycles. The number of halogens is 1. The van der Waals surface area contributed by atoms with Gasteiger partial charge in [0.1, 0.15) is 5.75 Å². The normalized spacial score (nSPS) is 11.9. The number of alkyl halides is 1. The van der Waals surface area contributed by atoms with Gasteiger partial charge in [-0.05, 0) is 31.4 Å². The monoisotopic (exact) mass is 283 g/mol. The van der Waals surface area contributed by atoms with Crippen molar-refractivity contribution in [2.75, 3.05) is 19.0 Å². The first-order chi connectivity index (χ1) is 9.22. The van der Waals surface area contributed by atoms with Gasteiger partial charge in [-0.25, -0.2) is 0 Å². The minimum Gasteiger partial charge on any atom is -0.493 e. The molecule has 106 valence electrons. The highest BCUT2D eigenvalue weighted by atomic mass is 35.5. The van der Waals surface area contributed by atoms with E-state index in [1.165, 1.54) is 0 Å². The summed E-state index contributed by atoms with van der Waals surface area (Å²) < 4.78 is 5.46. The fourth-order valence-corrected chi connectivity index (χ4v) is 2.18. The molecule has 0 fully saturated rings. The molecular formula is C15H22ClNO2. The standard InChI is InChI=1S/C15H22ClNO2/c1-3-12(9-10-16)11-17-15(18)13-7-5-6-8-14(13)19-4-2/h5-8,12H,3-4,9-11H2,1-2H3,(H,17,18). The van der Waals surface area contributed by atoms with Gasteiger partial charge in [0, 0.05) is 12.4 Å². The number of nitrogens with one attached hydrogen (secondary N) is 1. The first-order valence-electron chi connectivity index (χ1n) is 6.78. The van der Waals surface area contributed by atoms with Crippen LogP contribution in [-0.2, 0) is 0 Å². The first-order valence-corrected chi connectivity index (χ1v) is 7.32. The molecule has 0 aliphatic rings. The van der Waals surface area contributed by atoms with Gasteiger partial charge in [0.05, 0.1) is 12.2 Å². The highest BCUT2D eigenvalue weighted by molar-refractivity contribution is 6.17. The second kappa shape index (κ2) is 8.81. The number of hydrogen-bond donors (Lipinski definition) is 1. The fourth-order valence-electron chi connectivity index (χ4n) is 1.87. The Labute approximate surface area is 120 Å². The predicted molar refractivity (Wildman–Crippen MR) is 79.1 cm³/mol. The van der Waals surface area contributed by atoms with Crippen LogP contribution in [0.1, 0.15) is 37.0 Å². The summed E-state index contributed by atoms with van der Waals surface area (Å²) >= 11 is 5.74. The lowest BCUT2D eigenvalue weighted by molar-refractivity contribution is 0.0942. The zero-order valence-corrected chi connectivity index (χ0v) is 12.4. The van der Waals surface area contributed by atoms with E-state index in [1.807, 2.05) is 25.1 Å². The molecule has 1 N–H and O–H groups in total. The highest BCUT2D eigenvalue weighted by Crippen LogP contribution is 2.18. The van der Waals surface area contributed by atoms with Crippen molar-refractivity contribution >= 4 is 17.5 Å². The van der Waals surface area contributed by atoms with E-state index in [2.05, 4.69) is 12.2 Å². The predicted octanol–water partition coefficient (Wildman–Crippen LogP) is 3.47. The number of hydrogen-bond acceptors (Lipinski definition) is 2. The van der Waals surface area contributed by atoms with Crippen LogP contribution in [0.2, 0.25) is 0 Å². The van der Waals surface area contributed by atoms with Crippen LogP contribution < -0.4 is 10.1 Å². The summed E-state index contributed by atoms with van der Waals surface area (Å²) in [7, 11) is 0. The minimum atomic E-state index is -0.0860. The maximum atomic E-state index is 12.1. The van der Waals surface area contributed by atoms with Gasteiger partial charge in [-0.1, -0.05) is 25.5 Å². The summed E-state index contributed by atoms with van der Waals surface area (Å²) in [6.45, 7) is 5.22. The maximum absolute atomic E-state index is 12.1. The topological polar surface area (TPSA) is 38.3 Å². The van der Waals surface area contributed by atoms with E-state index < -0.39 is 0 Å². The molecule has 0 aliphatic carbocycles. The van der Waals surface area contributed by atoms with Crippen molar-refractivity contribution in [2.45, 2.75) is 26.7 Å². The van der Waals surface area contributed by atoms with Crippen LogP contribution in [0.5, 0.6) is 5.75 Å². The number of carbonyl (C=O) groups is 1. The van der Waals surface area contributed by atoms with Crippen molar-refractivity contribution in [3.63, 3.8) is 0 Å². The number of benzene rings is 1. The molecule has 3 nitrogen and oxygen atoms in total. The number of para-hydroxylation sites is 1. The lowest BCUT2D eigenvalue weighted by Gasteiger charge is -2.15. The van der Waals surface area contributed by atoms with Gasteiger partial charge in [0.25, 0.3) is 5.91 Å². The zero-order valence-electron chi connectivity index (χ0n) is 11.6. The Morgan fingerprint density at radius 3 is 2.74 bits per heavy atom. The van der Waals surface area contributed by atoms with Crippen LogP contribution in [0.15, 0.2) is 24.3 Å². The van der Waals surface area contributed by atoms with Crippen molar-refractivity contribution in [1.82, 2.24) is 5.32 Å². The van der Waals surface area contributed by atoms with E-state index in [0.717, 1.165) is 12.8 Å². The Morgan fingerprint density at radius 1 is 1.37 bits per heavy atom. The Kier molecular flexibility index (Phi) is 7.34. The largest absolute Gasteiger partial charge is 0.493 e. The Morgan fingerprint density at radius 2 is 2.11 bits per heavy atom. The van der Waals surface area contributed by atoms with Crippen LogP contribution in [-0.4, -0.2) is 24.9 Å². The Balaban J connectivity index is 2.62. The lowest BCUT2D eigenvalue weighted by atomic mass is 10.0. The summed E-state index contributed by atoms with van der Waals surface area (Å²) in [5, 5.41) is 2.96. The lowest BCUT2D eigenvalue weighted by Crippen LogP contribution is -2.29. The summed E-state index contributed by atoms with van der Waals surface area (Å²) in [6.07, 6.45) is 1.94. The molecule has 0 spiro atoms. The van der Waals surface area contributed by atoms with Crippen molar-refractivity contribution in [3.05, 3.63) is 29.8 Å². The van der Waals surface area contributed by atoms with E-state index in [0.29, 0.717) is 36.3 Å². The number of rotatable bonds is 8. The van der Waals surface area contributed by atoms with Gasteiger partial charge in [-0.15, -0.1) is 11.6 Å². The van der Waals surface area contributed by atoms with Gasteiger partial charge in [-0.2, -0.15) is 0 Å². The summed E-state index contributed by atoms with van der Waals surface area (Å²) in [4.78, 5) is 12.1. The molecule has 1 unspecified atom stereocenters. The van der Waals surface area contributed by atoms with Gasteiger partial charge < -0.3 is 10.1 Å². The third-order valence-corrected chi connectivity index (χ3v) is 3.30. The van der Waals surface area contributed by atoms with Crippen molar-refractivity contribution < 1.29 is 9.53 Å². The first kappa shape index (κ1) is 15.8. The molecule has 1 rings (SSSR count). The van der Waals surface area contributed by atoms with Crippen molar-refractivity contribution in [2.24, 2.45) is 5.92 Å². The quantitative estimate of drug-likeness (QED) is 0.742. The average molecular weight is 284 g/mol. The molecule has 0 aliphatic heterocycles. The third kappa shape index (κ3) is 5.11. The minimum absolute atomic E-state index is 0.0860. The van der Waals surface area contributed by atoms with Crippen molar-refractivity contribution in [1.29, 1.82) is 0 Å². The molecule has 0 saturated carbocycles. The van der Waals surface area contributed by atoms with E-state index >= 15 is 0 Å². The van der Waals surface area contributed by atoms with Crippen molar-refractivity contribution in [3.8, 4) is 5.75 Å². The third-order valence-electron chi connectivity index (χ3n) is 3.08. The fraction of sp³-hybridized carbons (Fsp3) is 0.533. The average Bonchev–Trinajstić information content (AvgIpc) is 2.44. The van der Waals surface area contributed by atoms with E-state index in [9.17, 15) is 4.79 Å². The summed E-state index contributed by atoms with van der Waals surface area (Å²) in [5.41, 5.74) is 0.588. The number of carbonyl (C=O) groups excluding carboxylic acids is 1. The van der Waals surface area contributed by atoms with Crippen LogP contribution in [0, 0.1) is 5.92 Å². The zero-order chi connectivity index (χ0) is 14.1. The van der Waals surface area contributed by atoms with Crippen LogP contribution >= 0.6 is 11.6 Å². The van der Waals surface area contributed by atoms with E-state index in [1.54, 1.807) is 6.07 Å². The van der Waals surface area contributed by atoms with E-state index in [4.69, 9.17) is 16.3 Å². The van der Waals surface area contributed by atoms with Crippen LogP contribution in [0.3, 0.4) is 0 Å². The van der Waals surface area contributed by atoms with Crippen LogP contribution in [0.4, 0.5) is 0 Å². The number of amides is 1. The van der Waals surface area contributed by atoms with E-state index in [-0.39, 0.29) is 5.91 Å². The Bertz CT molecular complexity index is 395. The molecule has 1 aromatic carbocycles. The highest BCUT2D eigenvalue weighted by Gasteiger charge is 2.13. The smallest absolute Gasteiger partial charge is 0.255 e. The van der Waals surface area contributed by atoms with Crippen LogP contribution in [0.25, 0.3) is 0 Å². The second-order valence-corrected chi connectivity index (χ2v) is 4.77. The SMILES string of the molecule is CCOc1ccccc1C(=O)NCC(CC)CCCl. The van der Waals surface area contributed by atoms with Gasteiger partial charge in [-0.3, -0.25) is 4.79 Å². The molecule has 0 bridgehead atoms. The molecule has 1 aromatic rings. The molecule has 1 amide bonds. The molecule has 19 heavy (non-hydrogen) atoms. The molecule has 0 heterocycles. The van der Waals surface area contributed by atoms with Gasteiger partial charge in [0.15, 0.2) is 0 Å². The maximum Gasteiger partial charge on any atom is 0.255 e. The molecule has 4 heteroatoms. The van der Waals surface area contributed by atoms with Gasteiger partial charge >= 0.3 is 0 Å². The second-order valence-electron chi connectivity index (χ2n) is 4.39. The molecule has 1 atom stereocenters. The molecular weight excluding hydrogens is 262 g/mol. The summed E-state index contributed by atoms with van der Waals surface area (Å²) in [6, 6.07) is 7.30. The van der Waals surface area contributed by atoms with Gasteiger partial charge in [0.2, 0.25) is 0 Å². The Hall–Kier alpha value is -1.22. The summed E-state index contributed by atoms with van der Waals surface area (Å²) in [5.74, 6) is 1.61. The molecule has 0 aromatic heterocycles. The number of ether oxygens (including phenoxy) is 1. The molecule has 0 radical (unpaired) electrons.